The van der Waals surface area contributed by atoms with Crippen LogP contribution >= 0.6 is 0 Å². The monoisotopic (exact) mass is 285 g/mol. The average molecular weight is 285 g/mol. The Hall–Kier alpha value is -1.87. The first kappa shape index (κ1) is 15.5. The van der Waals surface area contributed by atoms with Gasteiger partial charge in [0.25, 0.3) is 0 Å². The van der Waals surface area contributed by atoms with Crippen LogP contribution in [-0.2, 0) is 11.3 Å². The van der Waals surface area contributed by atoms with Crippen LogP contribution in [0.3, 0.4) is 0 Å². The molecule has 3 nitrogen and oxygen atoms in total. The van der Waals surface area contributed by atoms with E-state index in [4.69, 9.17) is 0 Å². The molecule has 0 heterocycles. The summed E-state index contributed by atoms with van der Waals surface area (Å²) in [5, 5.41) is 11.8. The van der Waals surface area contributed by atoms with E-state index in [-0.39, 0.29) is 0 Å². The number of carboxylic acid groups (broad SMARTS) is 1. The van der Waals surface area contributed by atoms with E-state index in [2.05, 4.69) is 44.2 Å². The number of carboxylic acids is 1. The lowest BCUT2D eigenvalue weighted by Gasteiger charge is -2.26. The van der Waals surface area contributed by atoms with E-state index in [9.17, 15) is 9.90 Å². The van der Waals surface area contributed by atoms with Crippen LogP contribution in [0, 0.1) is 5.92 Å². The zero-order valence-electron chi connectivity index (χ0n) is 12.9. The summed E-state index contributed by atoms with van der Waals surface area (Å²) in [5.41, 5.74) is 1.14. The molecule has 0 bridgehead atoms. The van der Waals surface area contributed by atoms with Crippen LogP contribution in [-0.4, -0.2) is 29.1 Å². The van der Waals surface area contributed by atoms with Gasteiger partial charge in [-0.3, -0.25) is 9.69 Å². The summed E-state index contributed by atoms with van der Waals surface area (Å²) in [5.74, 6) is -0.378. The first-order valence-electron chi connectivity index (χ1n) is 7.38. The summed E-state index contributed by atoms with van der Waals surface area (Å²) in [6.07, 6.45) is 0.666. The van der Waals surface area contributed by atoms with Gasteiger partial charge in [0.15, 0.2) is 0 Å². The third kappa shape index (κ3) is 4.05. The predicted octanol–water partition coefficient (Wildman–Crippen LogP) is 3.77. The molecule has 0 aliphatic heterocycles. The summed E-state index contributed by atoms with van der Waals surface area (Å²) in [7, 11) is 1.89. The van der Waals surface area contributed by atoms with Gasteiger partial charge >= 0.3 is 5.97 Å². The lowest BCUT2D eigenvalue weighted by molar-refractivity contribution is -0.143. The van der Waals surface area contributed by atoms with Crippen molar-refractivity contribution in [3.63, 3.8) is 0 Å². The van der Waals surface area contributed by atoms with Crippen LogP contribution in [0.5, 0.6) is 0 Å². The van der Waals surface area contributed by atoms with E-state index >= 15 is 0 Å². The van der Waals surface area contributed by atoms with E-state index in [0.717, 1.165) is 5.56 Å². The molecule has 0 aromatic heterocycles. The lowest BCUT2D eigenvalue weighted by atomic mass is 10.0. The summed E-state index contributed by atoms with van der Waals surface area (Å²) in [6.45, 7) is 4.76. The fourth-order valence-corrected chi connectivity index (χ4v) is 2.65. The maximum absolute atomic E-state index is 11.4. The van der Waals surface area contributed by atoms with E-state index in [1.807, 2.05) is 24.1 Å². The third-order valence-electron chi connectivity index (χ3n) is 3.76. The number of carbonyl (C=O) groups is 1. The van der Waals surface area contributed by atoms with Gasteiger partial charge in [-0.25, -0.2) is 0 Å². The van der Waals surface area contributed by atoms with Crippen molar-refractivity contribution in [3.05, 3.63) is 48.0 Å². The second-order valence-corrected chi connectivity index (χ2v) is 6.08. The van der Waals surface area contributed by atoms with Crippen LogP contribution < -0.4 is 0 Å². The molecular formula is C18H23NO2. The van der Waals surface area contributed by atoms with E-state index in [0.29, 0.717) is 18.9 Å². The number of likely N-dealkylation sites (N-methyl/N-ethyl adjacent to an activating group) is 1. The number of hydrogen-bond donors (Lipinski definition) is 1. The Morgan fingerprint density at radius 3 is 2.43 bits per heavy atom. The van der Waals surface area contributed by atoms with Crippen molar-refractivity contribution in [2.75, 3.05) is 7.05 Å². The largest absolute Gasteiger partial charge is 0.480 e. The smallest absolute Gasteiger partial charge is 0.320 e. The Balaban J connectivity index is 2.15. The summed E-state index contributed by atoms with van der Waals surface area (Å²) >= 11 is 0. The molecule has 0 saturated heterocycles. The molecule has 1 atom stereocenters. The van der Waals surface area contributed by atoms with Crippen molar-refractivity contribution in [2.24, 2.45) is 5.92 Å². The average Bonchev–Trinajstić information content (AvgIpc) is 2.44. The number of benzene rings is 2. The molecule has 2 aromatic carbocycles. The number of fused-ring (bicyclic) bond motifs is 1. The Morgan fingerprint density at radius 1 is 1.14 bits per heavy atom. The highest BCUT2D eigenvalue weighted by atomic mass is 16.4. The maximum Gasteiger partial charge on any atom is 0.320 e. The highest BCUT2D eigenvalue weighted by Crippen LogP contribution is 2.18. The SMILES string of the molecule is CC(C)CC(C(=O)O)N(C)Cc1ccc2ccccc2c1. The molecule has 1 N–H and O–H groups in total. The summed E-state index contributed by atoms with van der Waals surface area (Å²) in [6, 6.07) is 14.1. The maximum atomic E-state index is 11.4. The number of rotatable bonds is 6. The molecule has 2 aromatic rings. The Morgan fingerprint density at radius 2 is 1.81 bits per heavy atom. The molecule has 0 aliphatic carbocycles. The van der Waals surface area contributed by atoms with Gasteiger partial charge in [-0.1, -0.05) is 50.2 Å². The van der Waals surface area contributed by atoms with E-state index in [1.54, 1.807) is 0 Å². The van der Waals surface area contributed by atoms with Gasteiger partial charge in [0.05, 0.1) is 0 Å². The molecule has 3 heteroatoms. The Labute approximate surface area is 126 Å². The lowest BCUT2D eigenvalue weighted by Crippen LogP contribution is -2.39. The topological polar surface area (TPSA) is 40.5 Å². The first-order valence-corrected chi connectivity index (χ1v) is 7.38. The van der Waals surface area contributed by atoms with Crippen molar-refractivity contribution in [3.8, 4) is 0 Å². The number of aliphatic carboxylic acids is 1. The second kappa shape index (κ2) is 6.72. The molecule has 1 unspecified atom stereocenters. The van der Waals surface area contributed by atoms with Crippen molar-refractivity contribution in [2.45, 2.75) is 32.9 Å². The standard InChI is InChI=1S/C18H23NO2/c1-13(2)10-17(18(20)21)19(3)12-14-8-9-15-6-4-5-7-16(15)11-14/h4-9,11,13,17H,10,12H2,1-3H3,(H,20,21). The van der Waals surface area contributed by atoms with Gasteiger partial charge in [-0.2, -0.15) is 0 Å². The first-order chi connectivity index (χ1) is 9.97. The molecule has 0 aliphatic rings. The fraction of sp³-hybridized carbons (Fsp3) is 0.389. The minimum atomic E-state index is -0.744. The van der Waals surface area contributed by atoms with Crippen molar-refractivity contribution >= 4 is 16.7 Å². The Bertz CT molecular complexity index is 621. The molecular weight excluding hydrogens is 262 g/mol. The van der Waals surface area contributed by atoms with Gasteiger partial charge in [-0.05, 0) is 41.8 Å². The summed E-state index contributed by atoms with van der Waals surface area (Å²) < 4.78 is 0. The minimum absolute atomic E-state index is 0.366. The third-order valence-corrected chi connectivity index (χ3v) is 3.76. The van der Waals surface area contributed by atoms with Gasteiger partial charge in [0.1, 0.15) is 6.04 Å². The molecule has 0 radical (unpaired) electrons. The molecule has 0 fully saturated rings. The van der Waals surface area contributed by atoms with Crippen LogP contribution in [0.4, 0.5) is 0 Å². The van der Waals surface area contributed by atoms with Crippen molar-refractivity contribution < 1.29 is 9.90 Å². The number of nitrogens with zero attached hydrogens (tertiary/aromatic N) is 1. The van der Waals surface area contributed by atoms with Crippen molar-refractivity contribution in [1.29, 1.82) is 0 Å². The minimum Gasteiger partial charge on any atom is -0.480 e. The predicted molar refractivity (Wildman–Crippen MR) is 86.3 cm³/mol. The molecule has 21 heavy (non-hydrogen) atoms. The zero-order valence-corrected chi connectivity index (χ0v) is 12.9. The van der Waals surface area contributed by atoms with Gasteiger partial charge in [0, 0.05) is 6.54 Å². The summed E-state index contributed by atoms with van der Waals surface area (Å²) in [4.78, 5) is 13.4. The van der Waals surface area contributed by atoms with Crippen LogP contribution in [0.25, 0.3) is 10.8 Å². The van der Waals surface area contributed by atoms with Crippen LogP contribution in [0.2, 0.25) is 0 Å². The molecule has 112 valence electrons. The van der Waals surface area contributed by atoms with Gasteiger partial charge < -0.3 is 5.11 Å². The quantitative estimate of drug-likeness (QED) is 0.878. The number of hydrogen-bond acceptors (Lipinski definition) is 2. The van der Waals surface area contributed by atoms with Crippen LogP contribution in [0.1, 0.15) is 25.8 Å². The second-order valence-electron chi connectivity index (χ2n) is 6.08. The van der Waals surface area contributed by atoms with E-state index in [1.165, 1.54) is 10.8 Å². The highest BCUT2D eigenvalue weighted by Gasteiger charge is 2.23. The Kier molecular flexibility index (Phi) is 4.97. The van der Waals surface area contributed by atoms with Crippen LogP contribution in [0.15, 0.2) is 42.5 Å². The molecule has 0 spiro atoms. The van der Waals surface area contributed by atoms with Gasteiger partial charge in [-0.15, -0.1) is 0 Å². The highest BCUT2D eigenvalue weighted by molar-refractivity contribution is 5.83. The van der Waals surface area contributed by atoms with Gasteiger partial charge in [0.2, 0.25) is 0 Å². The molecule has 0 amide bonds. The fourth-order valence-electron chi connectivity index (χ4n) is 2.65. The molecule has 0 saturated carbocycles. The van der Waals surface area contributed by atoms with E-state index < -0.39 is 12.0 Å². The zero-order chi connectivity index (χ0) is 15.4. The normalized spacial score (nSPS) is 13.0. The van der Waals surface area contributed by atoms with Crippen molar-refractivity contribution in [1.82, 2.24) is 4.90 Å². The molecule has 2 rings (SSSR count).